The van der Waals surface area contributed by atoms with Gasteiger partial charge in [-0.15, -0.1) is 0 Å². The lowest BCUT2D eigenvalue weighted by Crippen LogP contribution is -2.67. The van der Waals surface area contributed by atoms with Crippen molar-refractivity contribution in [3.63, 3.8) is 0 Å². The molecule has 158 valence electrons. The van der Waals surface area contributed by atoms with E-state index in [0.29, 0.717) is 11.1 Å². The summed E-state index contributed by atoms with van der Waals surface area (Å²) in [5.74, 6) is -0.520. The van der Waals surface area contributed by atoms with Gasteiger partial charge in [-0.05, 0) is 61.7 Å². The Labute approximate surface area is 178 Å². The number of amides is 2. The lowest BCUT2D eigenvalue weighted by atomic mass is 9.86. The van der Waals surface area contributed by atoms with Gasteiger partial charge in [0.1, 0.15) is 0 Å². The highest BCUT2D eigenvalue weighted by Gasteiger charge is 2.57. The smallest absolute Gasteiger partial charge is 0.414 e. The van der Waals surface area contributed by atoms with Crippen LogP contribution < -0.4 is 0 Å². The zero-order chi connectivity index (χ0) is 21.4. The Hall–Kier alpha value is -1.11. The van der Waals surface area contributed by atoms with E-state index in [1.165, 1.54) is 15.7 Å². The maximum Gasteiger partial charge on any atom is 0.448 e. The average Bonchev–Trinajstić information content (AvgIpc) is 2.88. The van der Waals surface area contributed by atoms with Gasteiger partial charge in [-0.2, -0.15) is 0 Å². The molecule has 1 aromatic carbocycles. The van der Waals surface area contributed by atoms with Gasteiger partial charge in [0.15, 0.2) is 0 Å². The third-order valence-electron chi connectivity index (χ3n) is 5.37. The highest BCUT2D eigenvalue weighted by molar-refractivity contribution is 6.86. The number of hydrogen-bond donors (Lipinski definition) is 0. The van der Waals surface area contributed by atoms with Crippen molar-refractivity contribution in [2.75, 3.05) is 0 Å². The van der Waals surface area contributed by atoms with E-state index in [9.17, 15) is 9.59 Å². The molecule has 1 saturated heterocycles. The first-order valence-electron chi connectivity index (χ1n) is 10.6. The maximum atomic E-state index is 13.6. The van der Waals surface area contributed by atoms with Gasteiger partial charge in [-0.25, -0.2) is 0 Å². The number of nitrogens with zero attached hydrogens (tertiary/aromatic N) is 1. The highest BCUT2D eigenvalue weighted by atomic mass is 28.5. The van der Waals surface area contributed by atoms with Gasteiger partial charge in [0.25, 0.3) is 11.8 Å². The van der Waals surface area contributed by atoms with Crippen molar-refractivity contribution in [3.05, 3.63) is 33.9 Å². The molecular formula is C20H31NO5Si3. The fraction of sp³-hybridized carbons (Fsp3) is 0.600. The van der Waals surface area contributed by atoms with E-state index in [4.69, 9.17) is 12.3 Å². The SMILES string of the molecule is CCCc1cc2c(c(CCC)c1CCC)C(=O)N([Si]1(C)O[Si]O[Si](C)(C)O1)C2=O. The number of rotatable bonds is 7. The highest BCUT2D eigenvalue weighted by Crippen LogP contribution is 2.37. The van der Waals surface area contributed by atoms with Crippen molar-refractivity contribution in [1.29, 1.82) is 0 Å². The van der Waals surface area contributed by atoms with Gasteiger partial charge >= 0.3 is 27.3 Å². The van der Waals surface area contributed by atoms with E-state index < -0.39 is 17.3 Å². The Balaban J connectivity index is 2.14. The van der Waals surface area contributed by atoms with E-state index >= 15 is 0 Å². The van der Waals surface area contributed by atoms with Crippen LogP contribution in [0.25, 0.3) is 0 Å². The molecule has 2 aliphatic rings. The summed E-state index contributed by atoms with van der Waals surface area (Å²) < 4.78 is 19.0. The summed E-state index contributed by atoms with van der Waals surface area (Å²) >= 11 is 0. The Morgan fingerprint density at radius 2 is 1.52 bits per heavy atom. The second kappa shape index (κ2) is 8.56. The van der Waals surface area contributed by atoms with E-state index in [1.807, 2.05) is 19.2 Å². The number of hydrogen-bond acceptors (Lipinski definition) is 5. The summed E-state index contributed by atoms with van der Waals surface area (Å²) in [7, 11) is -5.82. The molecule has 0 N–H and O–H groups in total. The second-order valence-corrected chi connectivity index (χ2v) is 16.0. The monoisotopic (exact) mass is 449 g/mol. The summed E-state index contributed by atoms with van der Waals surface area (Å²) in [5.41, 5.74) is 4.62. The minimum Gasteiger partial charge on any atom is -0.414 e. The lowest BCUT2D eigenvalue weighted by molar-refractivity contribution is 0.0689. The van der Waals surface area contributed by atoms with Crippen molar-refractivity contribution in [2.45, 2.75) is 78.9 Å². The van der Waals surface area contributed by atoms with Crippen LogP contribution in [0.2, 0.25) is 19.6 Å². The van der Waals surface area contributed by atoms with Crippen molar-refractivity contribution in [1.82, 2.24) is 4.57 Å². The second-order valence-electron chi connectivity index (χ2n) is 8.30. The number of aryl methyl sites for hydroxylation is 1. The first kappa shape index (κ1) is 22.6. The Morgan fingerprint density at radius 1 is 0.897 bits per heavy atom. The lowest BCUT2D eigenvalue weighted by Gasteiger charge is -2.42. The van der Waals surface area contributed by atoms with Gasteiger partial charge in [-0.1, -0.05) is 40.0 Å². The molecule has 0 aromatic heterocycles. The van der Waals surface area contributed by atoms with Gasteiger partial charge in [0, 0.05) is 0 Å². The van der Waals surface area contributed by atoms with Crippen LogP contribution >= 0.6 is 0 Å². The van der Waals surface area contributed by atoms with Gasteiger partial charge < -0.3 is 12.3 Å². The molecule has 9 heteroatoms. The Morgan fingerprint density at radius 3 is 2.10 bits per heavy atom. The van der Waals surface area contributed by atoms with Crippen LogP contribution in [0, 0.1) is 0 Å². The molecule has 0 spiro atoms. The standard InChI is InChI=1S/C20H31NO5Si3/c1-7-10-14-13-17-18(16(12-9-3)15(14)11-8-2)20(23)21(19(17)22)29(6)25-27-24-28(4,5)26-29/h13H,7-12H2,1-6H3. The first-order valence-corrected chi connectivity index (χ1v) is 16.5. The molecule has 0 aliphatic carbocycles. The van der Waals surface area contributed by atoms with Gasteiger partial charge in [0.05, 0.1) is 11.1 Å². The molecule has 3 rings (SSSR count). The quantitative estimate of drug-likeness (QED) is 0.465. The summed E-state index contributed by atoms with van der Waals surface area (Å²) in [6, 6.07) is 1.96. The fourth-order valence-corrected chi connectivity index (χ4v) is 12.7. The van der Waals surface area contributed by atoms with Gasteiger partial charge in [-0.3, -0.25) is 14.2 Å². The number of carbonyl (C=O) groups is 2. The molecule has 0 saturated carbocycles. The minimum absolute atomic E-state index is 0.198. The van der Waals surface area contributed by atoms with E-state index in [2.05, 4.69) is 20.8 Å². The van der Waals surface area contributed by atoms with Crippen LogP contribution in [0.4, 0.5) is 0 Å². The predicted octanol–water partition coefficient (Wildman–Crippen LogP) is 4.01. The molecule has 6 nitrogen and oxygen atoms in total. The summed E-state index contributed by atoms with van der Waals surface area (Å²) in [6.07, 6.45) is 5.58. The maximum absolute atomic E-state index is 13.6. The third-order valence-corrected chi connectivity index (χ3v) is 14.2. The van der Waals surface area contributed by atoms with Crippen LogP contribution in [0.15, 0.2) is 6.07 Å². The Bertz CT molecular complexity index is 829. The zero-order valence-corrected chi connectivity index (χ0v) is 21.3. The summed E-state index contributed by atoms with van der Waals surface area (Å²) in [6.45, 7) is 12.1. The third kappa shape index (κ3) is 4.08. The van der Waals surface area contributed by atoms with Crippen LogP contribution in [0.3, 0.4) is 0 Å². The van der Waals surface area contributed by atoms with E-state index in [1.54, 1.807) is 6.55 Å². The Kier molecular flexibility index (Phi) is 6.66. The van der Waals surface area contributed by atoms with Crippen molar-refractivity contribution < 1.29 is 21.9 Å². The van der Waals surface area contributed by atoms with Crippen LogP contribution in [-0.2, 0) is 31.6 Å². The van der Waals surface area contributed by atoms with Crippen LogP contribution in [-0.4, -0.2) is 43.7 Å². The van der Waals surface area contributed by atoms with Crippen LogP contribution in [0.5, 0.6) is 0 Å². The largest absolute Gasteiger partial charge is 0.448 e. The average molecular weight is 450 g/mol. The molecule has 2 heterocycles. The van der Waals surface area contributed by atoms with E-state index in [-0.39, 0.29) is 21.8 Å². The van der Waals surface area contributed by atoms with Gasteiger partial charge in [0.2, 0.25) is 0 Å². The molecular weight excluding hydrogens is 418 g/mol. The number of carbonyl (C=O) groups excluding carboxylic acids is 2. The van der Waals surface area contributed by atoms with Crippen molar-refractivity contribution >= 4 is 39.1 Å². The van der Waals surface area contributed by atoms with E-state index in [0.717, 1.165) is 44.1 Å². The molecule has 2 aliphatic heterocycles. The zero-order valence-electron chi connectivity index (χ0n) is 18.3. The topological polar surface area (TPSA) is 65.1 Å². The molecule has 1 aromatic rings. The molecule has 1 fully saturated rings. The number of benzene rings is 1. The molecule has 1 atom stereocenters. The summed E-state index contributed by atoms with van der Waals surface area (Å²) in [5, 5.41) is 0. The predicted molar refractivity (Wildman–Crippen MR) is 117 cm³/mol. The van der Waals surface area contributed by atoms with Crippen LogP contribution in [0.1, 0.15) is 77.4 Å². The first-order chi connectivity index (χ1) is 13.7. The van der Waals surface area contributed by atoms with Crippen molar-refractivity contribution in [2.24, 2.45) is 0 Å². The number of fused-ring (bicyclic) bond motifs is 1. The molecule has 2 amide bonds. The molecule has 29 heavy (non-hydrogen) atoms. The fourth-order valence-electron chi connectivity index (χ4n) is 4.31. The molecule has 1 unspecified atom stereocenters. The number of imide groups is 1. The molecule has 0 bridgehead atoms. The minimum atomic E-state index is -3.20. The normalized spacial score (nSPS) is 23.6. The summed E-state index contributed by atoms with van der Waals surface area (Å²) in [4.78, 5) is 27.1. The molecule has 2 radical (unpaired) electrons. The van der Waals surface area contributed by atoms with Crippen molar-refractivity contribution in [3.8, 4) is 0 Å².